The Bertz CT molecular complexity index is 858. The molecule has 26 heavy (non-hydrogen) atoms. The lowest BCUT2D eigenvalue weighted by atomic mass is 10.2. The monoisotopic (exact) mass is 355 g/mol. The number of nitrogens with one attached hydrogen (secondary N) is 1. The SMILES string of the molecule is N#Cc1cccc(NC(=O)COC(=O)COc2ccc([N+](=O)[O-])cc2)c1. The van der Waals surface area contributed by atoms with E-state index in [0.29, 0.717) is 11.3 Å². The van der Waals surface area contributed by atoms with Crippen molar-refractivity contribution in [1.29, 1.82) is 5.26 Å². The normalized spacial score (nSPS) is 9.65. The number of esters is 1. The fourth-order valence-corrected chi connectivity index (χ4v) is 1.86. The summed E-state index contributed by atoms with van der Waals surface area (Å²) < 4.78 is 9.89. The minimum atomic E-state index is -0.774. The van der Waals surface area contributed by atoms with Crippen LogP contribution in [0.1, 0.15) is 5.56 Å². The van der Waals surface area contributed by atoms with Crippen LogP contribution in [0, 0.1) is 21.4 Å². The maximum atomic E-state index is 11.7. The van der Waals surface area contributed by atoms with Crippen LogP contribution >= 0.6 is 0 Å². The fourth-order valence-electron chi connectivity index (χ4n) is 1.86. The van der Waals surface area contributed by atoms with E-state index in [1.54, 1.807) is 18.2 Å². The van der Waals surface area contributed by atoms with Crippen molar-refractivity contribution in [2.24, 2.45) is 0 Å². The lowest BCUT2D eigenvalue weighted by Crippen LogP contribution is -2.23. The van der Waals surface area contributed by atoms with E-state index in [4.69, 9.17) is 14.7 Å². The number of benzene rings is 2. The quantitative estimate of drug-likeness (QED) is 0.456. The number of non-ortho nitro benzene ring substituents is 1. The molecular weight excluding hydrogens is 342 g/mol. The Labute approximate surface area is 147 Å². The number of anilines is 1. The zero-order valence-corrected chi connectivity index (χ0v) is 13.4. The van der Waals surface area contributed by atoms with Crippen molar-refractivity contribution in [2.45, 2.75) is 0 Å². The first-order valence-electron chi connectivity index (χ1n) is 7.31. The van der Waals surface area contributed by atoms with Crippen molar-refractivity contribution in [3.63, 3.8) is 0 Å². The van der Waals surface area contributed by atoms with Crippen molar-refractivity contribution >= 4 is 23.3 Å². The highest BCUT2D eigenvalue weighted by molar-refractivity contribution is 5.93. The van der Waals surface area contributed by atoms with Gasteiger partial charge in [-0.2, -0.15) is 5.26 Å². The molecule has 0 spiro atoms. The first kappa shape index (κ1) is 18.4. The van der Waals surface area contributed by atoms with Crippen LogP contribution in [0.4, 0.5) is 11.4 Å². The van der Waals surface area contributed by atoms with Crippen LogP contribution in [0.2, 0.25) is 0 Å². The summed E-state index contributed by atoms with van der Waals surface area (Å²) in [5.41, 5.74) is 0.695. The number of carbonyl (C=O) groups excluding carboxylic acids is 2. The maximum Gasteiger partial charge on any atom is 0.344 e. The molecule has 9 nitrogen and oxygen atoms in total. The second-order valence-corrected chi connectivity index (χ2v) is 4.94. The molecule has 0 bridgehead atoms. The molecule has 0 aromatic heterocycles. The summed E-state index contributed by atoms with van der Waals surface area (Å²) >= 11 is 0. The molecule has 0 heterocycles. The number of hydrogen-bond acceptors (Lipinski definition) is 7. The predicted molar refractivity (Wildman–Crippen MR) is 89.3 cm³/mol. The van der Waals surface area contributed by atoms with Gasteiger partial charge in [0.15, 0.2) is 13.2 Å². The van der Waals surface area contributed by atoms with Crippen LogP contribution in [-0.4, -0.2) is 30.0 Å². The van der Waals surface area contributed by atoms with Gasteiger partial charge < -0.3 is 14.8 Å². The van der Waals surface area contributed by atoms with Crippen LogP contribution in [0.5, 0.6) is 5.75 Å². The topological polar surface area (TPSA) is 132 Å². The van der Waals surface area contributed by atoms with E-state index in [1.807, 2.05) is 6.07 Å². The zero-order chi connectivity index (χ0) is 18.9. The highest BCUT2D eigenvalue weighted by atomic mass is 16.6. The number of nitro benzene ring substituents is 1. The van der Waals surface area contributed by atoms with Gasteiger partial charge in [0.2, 0.25) is 0 Å². The smallest absolute Gasteiger partial charge is 0.344 e. The Morgan fingerprint density at radius 3 is 2.54 bits per heavy atom. The predicted octanol–water partition coefficient (Wildman–Crippen LogP) is 2.03. The molecule has 9 heteroatoms. The lowest BCUT2D eigenvalue weighted by molar-refractivity contribution is -0.384. The summed E-state index contributed by atoms with van der Waals surface area (Å²) in [5.74, 6) is -1.08. The third-order valence-electron chi connectivity index (χ3n) is 3.04. The molecule has 0 aliphatic carbocycles. The lowest BCUT2D eigenvalue weighted by Gasteiger charge is -2.08. The summed E-state index contributed by atoms with van der Waals surface area (Å²) in [5, 5.41) is 21.8. The van der Waals surface area contributed by atoms with Gasteiger partial charge in [-0.3, -0.25) is 14.9 Å². The van der Waals surface area contributed by atoms with E-state index in [2.05, 4.69) is 5.32 Å². The van der Waals surface area contributed by atoms with Gasteiger partial charge in [-0.25, -0.2) is 4.79 Å². The number of amides is 1. The molecule has 0 aliphatic rings. The van der Waals surface area contributed by atoms with Crippen LogP contribution in [0.3, 0.4) is 0 Å². The van der Waals surface area contributed by atoms with E-state index in [-0.39, 0.29) is 11.4 Å². The van der Waals surface area contributed by atoms with Gasteiger partial charge in [0, 0.05) is 17.8 Å². The highest BCUT2D eigenvalue weighted by Crippen LogP contribution is 2.17. The highest BCUT2D eigenvalue weighted by Gasteiger charge is 2.10. The third kappa shape index (κ3) is 5.61. The Balaban J connectivity index is 1.74. The Morgan fingerprint density at radius 2 is 1.88 bits per heavy atom. The number of nitrogens with zero attached hydrogens (tertiary/aromatic N) is 2. The van der Waals surface area contributed by atoms with E-state index in [9.17, 15) is 19.7 Å². The van der Waals surface area contributed by atoms with Gasteiger partial charge in [0.25, 0.3) is 11.6 Å². The molecule has 0 fully saturated rings. The summed E-state index contributed by atoms with van der Waals surface area (Å²) in [6.07, 6.45) is 0. The molecule has 132 valence electrons. The van der Waals surface area contributed by atoms with Crippen LogP contribution in [-0.2, 0) is 14.3 Å². The molecule has 0 saturated carbocycles. The molecule has 0 saturated heterocycles. The molecule has 2 aromatic carbocycles. The van der Waals surface area contributed by atoms with Gasteiger partial charge in [0.05, 0.1) is 16.6 Å². The molecule has 0 atom stereocenters. The Hall–Kier alpha value is -3.93. The van der Waals surface area contributed by atoms with Gasteiger partial charge in [-0.15, -0.1) is 0 Å². The number of nitro groups is 1. The largest absolute Gasteiger partial charge is 0.482 e. The molecule has 2 aromatic rings. The minimum Gasteiger partial charge on any atom is -0.482 e. The van der Waals surface area contributed by atoms with Crippen molar-refractivity contribution < 1.29 is 24.0 Å². The molecule has 1 amide bonds. The van der Waals surface area contributed by atoms with Crippen molar-refractivity contribution in [3.8, 4) is 11.8 Å². The van der Waals surface area contributed by atoms with E-state index < -0.39 is 30.0 Å². The first-order valence-corrected chi connectivity index (χ1v) is 7.31. The second kappa shape index (κ2) is 8.79. The Kier molecular flexibility index (Phi) is 6.23. The number of rotatable bonds is 7. The summed E-state index contributed by atoms with van der Waals surface area (Å²) in [6.45, 7) is -0.964. The maximum absolute atomic E-state index is 11.7. The number of hydrogen-bond donors (Lipinski definition) is 1. The van der Waals surface area contributed by atoms with E-state index >= 15 is 0 Å². The van der Waals surface area contributed by atoms with E-state index in [1.165, 1.54) is 30.3 Å². The zero-order valence-electron chi connectivity index (χ0n) is 13.4. The summed E-state index contributed by atoms with van der Waals surface area (Å²) in [6, 6.07) is 13.4. The Morgan fingerprint density at radius 1 is 1.15 bits per heavy atom. The second-order valence-electron chi connectivity index (χ2n) is 4.94. The van der Waals surface area contributed by atoms with Crippen LogP contribution < -0.4 is 10.1 Å². The first-order chi connectivity index (χ1) is 12.5. The molecular formula is C17H13N3O6. The van der Waals surface area contributed by atoms with Crippen LogP contribution in [0.25, 0.3) is 0 Å². The average Bonchev–Trinajstić information content (AvgIpc) is 2.65. The third-order valence-corrected chi connectivity index (χ3v) is 3.04. The molecule has 2 rings (SSSR count). The van der Waals surface area contributed by atoms with Crippen molar-refractivity contribution in [1.82, 2.24) is 0 Å². The van der Waals surface area contributed by atoms with Crippen molar-refractivity contribution in [3.05, 3.63) is 64.2 Å². The molecule has 0 unspecified atom stereocenters. The number of ether oxygens (including phenoxy) is 2. The standard InChI is InChI=1S/C17H13N3O6/c18-9-12-2-1-3-13(8-12)19-16(21)10-26-17(22)11-25-15-6-4-14(5-7-15)20(23)24/h1-8H,10-11H2,(H,19,21). The molecule has 1 N–H and O–H groups in total. The van der Waals surface area contributed by atoms with Gasteiger partial charge in [0.1, 0.15) is 5.75 Å². The van der Waals surface area contributed by atoms with Crippen molar-refractivity contribution in [2.75, 3.05) is 18.5 Å². The van der Waals surface area contributed by atoms with E-state index in [0.717, 1.165) is 0 Å². The summed E-state index contributed by atoms with van der Waals surface area (Å²) in [7, 11) is 0. The van der Waals surface area contributed by atoms with Gasteiger partial charge in [-0.05, 0) is 30.3 Å². The molecule has 0 radical (unpaired) electrons. The molecule has 0 aliphatic heterocycles. The van der Waals surface area contributed by atoms with Gasteiger partial charge in [-0.1, -0.05) is 6.07 Å². The fraction of sp³-hybridized carbons (Fsp3) is 0.118. The average molecular weight is 355 g/mol. The minimum absolute atomic E-state index is 0.0999. The van der Waals surface area contributed by atoms with Crippen LogP contribution in [0.15, 0.2) is 48.5 Å². The number of nitriles is 1. The van der Waals surface area contributed by atoms with Gasteiger partial charge >= 0.3 is 5.97 Å². The number of carbonyl (C=O) groups is 2. The summed E-state index contributed by atoms with van der Waals surface area (Å²) in [4.78, 5) is 33.3.